The number of epoxide rings is 1. The maximum absolute atomic E-state index is 5.35. The lowest BCUT2D eigenvalue weighted by Crippen LogP contribution is -2.03. The maximum atomic E-state index is 5.35. The molecule has 1 aliphatic heterocycles. The Hall–Kier alpha value is -1.02. The number of benzene rings is 1. The molecule has 57 valence electrons. The molecule has 1 aliphatic rings. The molecule has 0 aromatic heterocycles. The van der Waals surface area contributed by atoms with Crippen LogP contribution in [0.15, 0.2) is 24.3 Å². The third-order valence-electron chi connectivity index (χ3n) is 1.51. The highest BCUT2D eigenvalue weighted by atomic mass is 16.6. The van der Waals surface area contributed by atoms with E-state index in [9.17, 15) is 0 Å². The topological polar surface area (TPSA) is 21.8 Å². The third-order valence-corrected chi connectivity index (χ3v) is 1.51. The molecule has 1 heterocycles. The lowest BCUT2D eigenvalue weighted by atomic mass is 10.3. The quantitative estimate of drug-likeness (QED) is 0.603. The molecule has 1 fully saturated rings. The molecule has 2 heteroatoms. The van der Waals surface area contributed by atoms with Crippen LogP contribution in [0.5, 0.6) is 5.75 Å². The van der Waals surface area contributed by atoms with Crippen molar-refractivity contribution in [2.24, 2.45) is 0 Å². The summed E-state index contributed by atoms with van der Waals surface area (Å²) in [7, 11) is 0. The average molecular weight is 149 g/mol. The van der Waals surface area contributed by atoms with Crippen molar-refractivity contribution in [3.63, 3.8) is 0 Å². The van der Waals surface area contributed by atoms with E-state index in [4.69, 9.17) is 9.47 Å². The van der Waals surface area contributed by atoms with Gasteiger partial charge in [-0.05, 0) is 6.07 Å². The van der Waals surface area contributed by atoms with Gasteiger partial charge in [0.25, 0.3) is 0 Å². The summed E-state index contributed by atoms with van der Waals surface area (Å²) in [6, 6.07) is 10.5. The summed E-state index contributed by atoms with van der Waals surface area (Å²) in [5.41, 5.74) is 0. The van der Waals surface area contributed by atoms with E-state index in [1.165, 1.54) is 0 Å². The molecule has 1 saturated heterocycles. The predicted molar refractivity (Wildman–Crippen MR) is 40.5 cm³/mol. The molecule has 0 amide bonds. The predicted octanol–water partition coefficient (Wildman–Crippen LogP) is 1.26. The molecule has 0 aliphatic carbocycles. The van der Waals surface area contributed by atoms with Gasteiger partial charge in [0.05, 0.1) is 6.61 Å². The monoisotopic (exact) mass is 149 g/mol. The number of hydrogen-bond donors (Lipinski definition) is 0. The van der Waals surface area contributed by atoms with E-state index in [-0.39, 0.29) is 0 Å². The van der Waals surface area contributed by atoms with Crippen molar-refractivity contribution in [2.75, 3.05) is 13.2 Å². The fourth-order valence-electron chi connectivity index (χ4n) is 0.814. The second kappa shape index (κ2) is 2.93. The smallest absolute Gasteiger partial charge is 0.127 e. The molecule has 0 spiro atoms. The van der Waals surface area contributed by atoms with Gasteiger partial charge >= 0.3 is 0 Å². The number of rotatable bonds is 3. The van der Waals surface area contributed by atoms with Crippen molar-refractivity contribution in [1.82, 2.24) is 0 Å². The molecular formula is C9H9O2. The molecule has 1 unspecified atom stereocenters. The van der Waals surface area contributed by atoms with Crippen molar-refractivity contribution >= 4 is 0 Å². The highest BCUT2D eigenvalue weighted by Crippen LogP contribution is 2.13. The Morgan fingerprint density at radius 1 is 1.64 bits per heavy atom. The van der Waals surface area contributed by atoms with Crippen LogP contribution in [0.2, 0.25) is 0 Å². The molecular weight excluding hydrogens is 140 g/mol. The normalized spacial score (nSPS) is 21.3. The van der Waals surface area contributed by atoms with Crippen molar-refractivity contribution in [3.8, 4) is 5.75 Å². The summed E-state index contributed by atoms with van der Waals surface area (Å²) in [5, 5.41) is 0. The zero-order valence-electron chi connectivity index (χ0n) is 6.12. The van der Waals surface area contributed by atoms with E-state index in [0.29, 0.717) is 12.7 Å². The van der Waals surface area contributed by atoms with Gasteiger partial charge in [-0.25, -0.2) is 0 Å². The lowest BCUT2D eigenvalue weighted by molar-refractivity contribution is 0.262. The van der Waals surface area contributed by atoms with Crippen LogP contribution in [-0.2, 0) is 4.74 Å². The molecule has 1 atom stereocenters. The zero-order valence-corrected chi connectivity index (χ0v) is 6.12. The van der Waals surface area contributed by atoms with E-state index in [2.05, 4.69) is 6.07 Å². The van der Waals surface area contributed by atoms with E-state index in [1.807, 2.05) is 24.3 Å². The maximum Gasteiger partial charge on any atom is 0.127 e. The Labute approximate surface area is 65.7 Å². The van der Waals surface area contributed by atoms with E-state index in [0.717, 1.165) is 12.4 Å². The van der Waals surface area contributed by atoms with Crippen LogP contribution < -0.4 is 4.74 Å². The molecule has 11 heavy (non-hydrogen) atoms. The van der Waals surface area contributed by atoms with E-state index < -0.39 is 0 Å². The fourth-order valence-corrected chi connectivity index (χ4v) is 0.814. The molecule has 1 radical (unpaired) electrons. The standard InChI is InChI=1S/C9H9O2/c1-2-4-8(5-3-1)10-6-9-7-11-9/h1-4,9H,6-7H2. The van der Waals surface area contributed by atoms with Crippen molar-refractivity contribution < 1.29 is 9.47 Å². The second-order valence-electron chi connectivity index (χ2n) is 2.49. The molecule has 0 saturated carbocycles. The molecule has 0 bridgehead atoms. The first kappa shape index (κ1) is 6.68. The minimum absolute atomic E-state index is 0.323. The average Bonchev–Trinajstić information content (AvgIpc) is 2.86. The van der Waals surface area contributed by atoms with Gasteiger partial charge < -0.3 is 9.47 Å². The summed E-state index contributed by atoms with van der Waals surface area (Å²) < 4.78 is 10.3. The summed E-state index contributed by atoms with van der Waals surface area (Å²) in [5.74, 6) is 0.794. The van der Waals surface area contributed by atoms with Gasteiger partial charge in [-0.2, -0.15) is 0 Å². The molecule has 2 nitrogen and oxygen atoms in total. The summed E-state index contributed by atoms with van der Waals surface area (Å²) in [4.78, 5) is 0. The van der Waals surface area contributed by atoms with Crippen LogP contribution in [-0.4, -0.2) is 19.3 Å². The van der Waals surface area contributed by atoms with Crippen LogP contribution in [0.4, 0.5) is 0 Å². The Balaban J connectivity index is 1.85. The van der Waals surface area contributed by atoms with Crippen molar-refractivity contribution in [2.45, 2.75) is 6.10 Å². The largest absolute Gasteiger partial charge is 0.490 e. The van der Waals surface area contributed by atoms with Crippen LogP contribution in [0, 0.1) is 6.07 Å². The molecule has 1 aromatic rings. The van der Waals surface area contributed by atoms with Gasteiger partial charge in [0.2, 0.25) is 0 Å². The Morgan fingerprint density at radius 2 is 2.55 bits per heavy atom. The highest BCUT2D eigenvalue weighted by Gasteiger charge is 2.22. The van der Waals surface area contributed by atoms with Gasteiger partial charge in [0.1, 0.15) is 18.5 Å². The van der Waals surface area contributed by atoms with Crippen molar-refractivity contribution in [3.05, 3.63) is 30.3 Å². The SMILES string of the molecule is [c]1ccccc1OCC1CO1. The number of ether oxygens (including phenoxy) is 2. The molecule has 0 N–H and O–H groups in total. The minimum Gasteiger partial charge on any atom is -0.490 e. The second-order valence-corrected chi connectivity index (χ2v) is 2.49. The zero-order chi connectivity index (χ0) is 7.52. The fraction of sp³-hybridized carbons (Fsp3) is 0.333. The van der Waals surface area contributed by atoms with Gasteiger partial charge in [-0.3, -0.25) is 0 Å². The number of para-hydroxylation sites is 1. The summed E-state index contributed by atoms with van der Waals surface area (Å²) in [6.07, 6.45) is 0.323. The van der Waals surface area contributed by atoms with Crippen LogP contribution >= 0.6 is 0 Å². The van der Waals surface area contributed by atoms with Crippen LogP contribution in [0.3, 0.4) is 0 Å². The first-order valence-corrected chi connectivity index (χ1v) is 3.66. The van der Waals surface area contributed by atoms with Gasteiger partial charge in [-0.15, -0.1) is 0 Å². The Bertz CT molecular complexity index is 216. The van der Waals surface area contributed by atoms with Gasteiger partial charge in [0, 0.05) is 6.07 Å². The molecule has 1 aromatic carbocycles. The Morgan fingerprint density at radius 3 is 3.18 bits per heavy atom. The highest BCUT2D eigenvalue weighted by molar-refractivity contribution is 5.19. The van der Waals surface area contributed by atoms with E-state index in [1.54, 1.807) is 0 Å². The number of hydrogen-bond acceptors (Lipinski definition) is 2. The van der Waals surface area contributed by atoms with Crippen LogP contribution in [0.25, 0.3) is 0 Å². The third kappa shape index (κ3) is 1.95. The van der Waals surface area contributed by atoms with Gasteiger partial charge in [0.15, 0.2) is 0 Å². The van der Waals surface area contributed by atoms with E-state index >= 15 is 0 Å². The lowest BCUT2D eigenvalue weighted by Gasteiger charge is -2.01. The van der Waals surface area contributed by atoms with Crippen LogP contribution in [0.1, 0.15) is 0 Å². The summed E-state index contributed by atoms with van der Waals surface area (Å²) >= 11 is 0. The van der Waals surface area contributed by atoms with Gasteiger partial charge in [-0.1, -0.05) is 18.2 Å². The summed E-state index contributed by atoms with van der Waals surface area (Å²) in [6.45, 7) is 1.49. The first-order chi connectivity index (χ1) is 5.45. The molecule has 2 rings (SSSR count). The first-order valence-electron chi connectivity index (χ1n) is 3.66. The Kier molecular flexibility index (Phi) is 1.78. The van der Waals surface area contributed by atoms with Crippen molar-refractivity contribution in [1.29, 1.82) is 0 Å². The minimum atomic E-state index is 0.323.